The van der Waals surface area contributed by atoms with Crippen molar-refractivity contribution in [3.05, 3.63) is 69.8 Å². The molecule has 2 aliphatic heterocycles. The largest absolute Gasteiger partial charge is 0.385 e. The zero-order valence-electron chi connectivity index (χ0n) is 11.6. The standard InChI is InChI=1S/C15H10N2O5S/c18-17(19)10-7-5-9(6-8-10)13-15-14(22-16-13)11-3-1-2-4-12(11)23(15,20)21/h1-8,14-15H/t14-,15-/m0/s1. The maximum Gasteiger partial charge on any atom is 0.269 e. The minimum Gasteiger partial charge on any atom is -0.385 e. The van der Waals surface area contributed by atoms with Gasteiger partial charge in [0.15, 0.2) is 21.2 Å². The van der Waals surface area contributed by atoms with Crippen LogP contribution in [0.2, 0.25) is 0 Å². The van der Waals surface area contributed by atoms with Crippen LogP contribution in [0.15, 0.2) is 58.6 Å². The second kappa shape index (κ2) is 4.63. The number of sulfone groups is 1. The molecule has 0 aliphatic carbocycles. The summed E-state index contributed by atoms with van der Waals surface area (Å²) in [5.41, 5.74) is 1.31. The molecule has 0 radical (unpaired) electrons. The second-order valence-corrected chi connectivity index (χ2v) is 7.35. The van der Waals surface area contributed by atoms with E-state index < -0.39 is 26.1 Å². The monoisotopic (exact) mass is 330 g/mol. The molecule has 0 saturated heterocycles. The Morgan fingerprint density at radius 1 is 1.09 bits per heavy atom. The number of benzene rings is 2. The number of oxime groups is 1. The number of nitro benzene ring substituents is 1. The van der Waals surface area contributed by atoms with E-state index in [-0.39, 0.29) is 16.3 Å². The van der Waals surface area contributed by atoms with E-state index in [9.17, 15) is 18.5 Å². The van der Waals surface area contributed by atoms with Gasteiger partial charge in [0, 0.05) is 23.3 Å². The number of fused-ring (bicyclic) bond motifs is 3. The van der Waals surface area contributed by atoms with Crippen LogP contribution in [0.1, 0.15) is 17.2 Å². The molecule has 23 heavy (non-hydrogen) atoms. The maximum atomic E-state index is 12.8. The van der Waals surface area contributed by atoms with E-state index >= 15 is 0 Å². The van der Waals surface area contributed by atoms with Gasteiger partial charge in [0.1, 0.15) is 5.71 Å². The van der Waals surface area contributed by atoms with E-state index in [1.807, 2.05) is 0 Å². The first-order chi connectivity index (χ1) is 11.0. The van der Waals surface area contributed by atoms with Crippen LogP contribution in [0.5, 0.6) is 0 Å². The molecule has 2 atom stereocenters. The highest BCUT2D eigenvalue weighted by Crippen LogP contribution is 2.45. The summed E-state index contributed by atoms with van der Waals surface area (Å²) in [6.07, 6.45) is -0.665. The van der Waals surface area contributed by atoms with Crippen LogP contribution in [0.25, 0.3) is 0 Å². The van der Waals surface area contributed by atoms with Gasteiger partial charge in [-0.15, -0.1) is 0 Å². The highest BCUT2D eigenvalue weighted by molar-refractivity contribution is 7.93. The third kappa shape index (κ3) is 1.88. The molecule has 0 amide bonds. The van der Waals surface area contributed by atoms with Gasteiger partial charge < -0.3 is 4.84 Å². The van der Waals surface area contributed by atoms with Gasteiger partial charge in [-0.3, -0.25) is 10.1 Å². The average Bonchev–Trinajstić information content (AvgIpc) is 3.08. The van der Waals surface area contributed by atoms with Crippen LogP contribution in [-0.4, -0.2) is 24.3 Å². The van der Waals surface area contributed by atoms with Gasteiger partial charge in [-0.1, -0.05) is 23.4 Å². The number of hydrogen-bond donors (Lipinski definition) is 0. The molecule has 116 valence electrons. The molecule has 2 aromatic rings. The van der Waals surface area contributed by atoms with E-state index in [1.54, 1.807) is 24.3 Å². The first-order valence-corrected chi connectivity index (χ1v) is 8.36. The van der Waals surface area contributed by atoms with Crippen LogP contribution in [-0.2, 0) is 14.7 Å². The summed E-state index contributed by atoms with van der Waals surface area (Å²) in [6.45, 7) is 0. The van der Waals surface area contributed by atoms with E-state index in [1.165, 1.54) is 24.3 Å². The lowest BCUT2D eigenvalue weighted by atomic mass is 10.00. The van der Waals surface area contributed by atoms with Crippen molar-refractivity contribution >= 4 is 21.2 Å². The Bertz CT molecular complexity index is 950. The fraction of sp³-hybridized carbons (Fsp3) is 0.133. The third-order valence-corrected chi connectivity index (χ3v) is 6.17. The molecular weight excluding hydrogens is 320 g/mol. The zero-order chi connectivity index (χ0) is 16.2. The molecule has 0 bridgehead atoms. The second-order valence-electron chi connectivity index (χ2n) is 5.31. The molecule has 2 aliphatic rings. The third-order valence-electron chi connectivity index (χ3n) is 4.05. The highest BCUT2D eigenvalue weighted by atomic mass is 32.2. The molecule has 2 heterocycles. The summed E-state index contributed by atoms with van der Waals surface area (Å²) in [6, 6.07) is 12.3. The number of non-ortho nitro benzene ring substituents is 1. The summed E-state index contributed by atoms with van der Waals surface area (Å²) in [4.78, 5) is 15.8. The lowest BCUT2D eigenvalue weighted by molar-refractivity contribution is -0.384. The summed E-state index contributed by atoms with van der Waals surface area (Å²) >= 11 is 0. The highest BCUT2D eigenvalue weighted by Gasteiger charge is 2.53. The molecule has 0 unspecified atom stereocenters. The average molecular weight is 330 g/mol. The van der Waals surface area contributed by atoms with Gasteiger partial charge in [-0.05, 0) is 18.2 Å². The van der Waals surface area contributed by atoms with Gasteiger partial charge in [0.25, 0.3) is 5.69 Å². The summed E-state index contributed by atoms with van der Waals surface area (Å²) in [7, 11) is -3.60. The van der Waals surface area contributed by atoms with Crippen molar-refractivity contribution in [2.75, 3.05) is 0 Å². The van der Waals surface area contributed by atoms with Crippen molar-refractivity contribution in [3.63, 3.8) is 0 Å². The quantitative estimate of drug-likeness (QED) is 0.621. The summed E-state index contributed by atoms with van der Waals surface area (Å²) in [5.74, 6) is 0. The first-order valence-electron chi connectivity index (χ1n) is 6.81. The van der Waals surface area contributed by atoms with E-state index in [4.69, 9.17) is 4.84 Å². The molecule has 7 nitrogen and oxygen atoms in total. The SMILES string of the molecule is O=[N+]([O-])c1ccc(C2=NO[C@H]3c4ccccc4S(=O)(=O)[C@@H]23)cc1. The first kappa shape index (κ1) is 13.9. The Morgan fingerprint density at radius 2 is 1.78 bits per heavy atom. The molecule has 0 aromatic heterocycles. The molecular formula is C15H10N2O5S. The van der Waals surface area contributed by atoms with Crippen LogP contribution in [0.4, 0.5) is 5.69 Å². The van der Waals surface area contributed by atoms with E-state index in [2.05, 4.69) is 5.16 Å². The predicted molar refractivity (Wildman–Crippen MR) is 80.9 cm³/mol. The maximum absolute atomic E-state index is 12.8. The van der Waals surface area contributed by atoms with Crippen LogP contribution in [0, 0.1) is 10.1 Å². The molecule has 4 rings (SSSR count). The number of nitrogens with zero attached hydrogens (tertiary/aromatic N) is 2. The number of nitro groups is 1. The lowest BCUT2D eigenvalue weighted by Gasteiger charge is -2.09. The Labute approximate surface area is 131 Å². The predicted octanol–water partition coefficient (Wildman–Crippen LogP) is 2.23. The molecule has 0 fully saturated rings. The van der Waals surface area contributed by atoms with Crippen molar-refractivity contribution in [1.29, 1.82) is 0 Å². The molecule has 2 aromatic carbocycles. The molecule has 0 N–H and O–H groups in total. The molecule has 8 heteroatoms. The van der Waals surface area contributed by atoms with Gasteiger partial charge in [-0.2, -0.15) is 0 Å². The summed E-state index contributed by atoms with van der Waals surface area (Å²) in [5, 5.41) is 13.7. The minimum absolute atomic E-state index is 0.0672. The Kier molecular flexibility index (Phi) is 2.79. The Morgan fingerprint density at radius 3 is 2.48 bits per heavy atom. The topological polar surface area (TPSA) is 98.9 Å². The normalized spacial score (nSPS) is 23.6. The van der Waals surface area contributed by atoms with Gasteiger partial charge in [-0.25, -0.2) is 8.42 Å². The number of hydrogen-bond acceptors (Lipinski definition) is 6. The number of rotatable bonds is 2. The van der Waals surface area contributed by atoms with Crippen molar-refractivity contribution in [2.24, 2.45) is 5.16 Å². The van der Waals surface area contributed by atoms with Crippen molar-refractivity contribution in [1.82, 2.24) is 0 Å². The Hall–Kier alpha value is -2.74. The fourth-order valence-corrected chi connectivity index (χ4v) is 5.03. The minimum atomic E-state index is -3.60. The van der Waals surface area contributed by atoms with Crippen LogP contribution < -0.4 is 0 Å². The van der Waals surface area contributed by atoms with E-state index in [0.29, 0.717) is 11.1 Å². The molecule has 0 spiro atoms. The van der Waals surface area contributed by atoms with E-state index in [0.717, 1.165) is 0 Å². The fourth-order valence-electron chi connectivity index (χ4n) is 2.98. The van der Waals surface area contributed by atoms with Crippen LogP contribution >= 0.6 is 0 Å². The van der Waals surface area contributed by atoms with Crippen molar-refractivity contribution in [2.45, 2.75) is 16.2 Å². The van der Waals surface area contributed by atoms with Crippen LogP contribution in [0.3, 0.4) is 0 Å². The molecule has 0 saturated carbocycles. The van der Waals surface area contributed by atoms with Gasteiger partial charge >= 0.3 is 0 Å². The lowest BCUT2D eigenvalue weighted by Crippen LogP contribution is -2.27. The van der Waals surface area contributed by atoms with Crippen molar-refractivity contribution in [3.8, 4) is 0 Å². The van der Waals surface area contributed by atoms with Gasteiger partial charge in [0.05, 0.1) is 9.82 Å². The smallest absolute Gasteiger partial charge is 0.269 e. The zero-order valence-corrected chi connectivity index (χ0v) is 12.4. The Balaban J connectivity index is 1.78. The van der Waals surface area contributed by atoms with Crippen molar-refractivity contribution < 1.29 is 18.2 Å². The summed E-state index contributed by atoms with van der Waals surface area (Å²) < 4.78 is 25.5. The van der Waals surface area contributed by atoms with Gasteiger partial charge in [0.2, 0.25) is 0 Å².